The van der Waals surface area contributed by atoms with E-state index in [1.54, 1.807) is 5.56 Å². The van der Waals surface area contributed by atoms with Crippen molar-refractivity contribution in [3.8, 4) is 0 Å². The summed E-state index contributed by atoms with van der Waals surface area (Å²) in [4.78, 5) is 0. The molecule has 1 unspecified atom stereocenters. The van der Waals surface area contributed by atoms with Crippen molar-refractivity contribution < 1.29 is 16.6 Å². The van der Waals surface area contributed by atoms with Crippen LogP contribution in [0.2, 0.25) is 14.2 Å². The van der Waals surface area contributed by atoms with E-state index in [1.165, 1.54) is 26.2 Å². The fourth-order valence-electron chi connectivity index (χ4n) is 3.71. The third kappa shape index (κ3) is 3.87. The molecule has 1 heteroatoms. The Hall–Kier alpha value is -0.846. The van der Waals surface area contributed by atoms with Crippen molar-refractivity contribution in [1.82, 2.24) is 0 Å². The predicted molar refractivity (Wildman–Crippen MR) is 90.8 cm³/mol. The molecular formula is C20H28Ti. The Labute approximate surface area is 134 Å². The van der Waals surface area contributed by atoms with Gasteiger partial charge in [0.1, 0.15) is 0 Å². The molecule has 0 spiro atoms. The summed E-state index contributed by atoms with van der Waals surface area (Å²) in [5.74, 6) is 0. The molecule has 0 nitrogen and oxygen atoms in total. The van der Waals surface area contributed by atoms with Gasteiger partial charge >= 0.3 is 134 Å². The van der Waals surface area contributed by atoms with Crippen LogP contribution >= 0.6 is 0 Å². The molecule has 0 aliphatic rings. The zero-order valence-corrected chi connectivity index (χ0v) is 15.2. The van der Waals surface area contributed by atoms with E-state index in [9.17, 15) is 0 Å². The molecule has 0 aliphatic heterocycles. The fraction of sp³-hybridized carbons (Fsp3) is 0.400. The van der Waals surface area contributed by atoms with Gasteiger partial charge in [0.2, 0.25) is 0 Å². The number of hydrogen-bond donors (Lipinski definition) is 0. The van der Waals surface area contributed by atoms with E-state index < -0.39 is 16.6 Å². The first kappa shape index (κ1) is 16.5. The first-order chi connectivity index (χ1) is 10.3. The van der Waals surface area contributed by atoms with Crippen molar-refractivity contribution in [3.05, 3.63) is 71.8 Å². The molecule has 0 fully saturated rings. The zero-order valence-electron chi connectivity index (χ0n) is 13.7. The van der Waals surface area contributed by atoms with Crippen molar-refractivity contribution in [1.29, 1.82) is 0 Å². The Kier molecular flexibility index (Phi) is 6.27. The maximum atomic E-state index is 2.44. The van der Waals surface area contributed by atoms with Crippen molar-refractivity contribution in [3.63, 3.8) is 0 Å². The summed E-state index contributed by atoms with van der Waals surface area (Å²) >= 11 is -1.86. The van der Waals surface area contributed by atoms with E-state index >= 15 is 0 Å². The molecule has 0 saturated carbocycles. The summed E-state index contributed by atoms with van der Waals surface area (Å²) in [6.45, 7) is 7.32. The molecule has 0 N–H and O–H groups in total. The summed E-state index contributed by atoms with van der Waals surface area (Å²) in [5, 5.41) is 0. The number of hydrogen-bond acceptors (Lipinski definition) is 0. The van der Waals surface area contributed by atoms with Gasteiger partial charge in [0, 0.05) is 0 Å². The molecule has 2 rings (SSSR count). The molecular weight excluding hydrogens is 288 g/mol. The van der Waals surface area contributed by atoms with Gasteiger partial charge < -0.3 is 0 Å². The maximum absolute atomic E-state index is 2.44. The molecule has 2 aromatic carbocycles. The summed E-state index contributed by atoms with van der Waals surface area (Å²) in [6, 6.07) is 22.3. The molecule has 0 aromatic heterocycles. The standard InChI is InChI=1S/C14H13.3C2H5.Ti/c1-3-7-13(8-4-1)11-12-14-9-5-2-6-10-14;3*1-2;/h1-11H,12H2;3*1H2,2H3;. The Morgan fingerprint density at radius 1 is 0.714 bits per heavy atom. The number of benzene rings is 2. The van der Waals surface area contributed by atoms with Crippen molar-refractivity contribution in [2.75, 3.05) is 0 Å². The van der Waals surface area contributed by atoms with E-state index in [4.69, 9.17) is 0 Å². The molecule has 0 bridgehead atoms. The van der Waals surface area contributed by atoms with Crippen LogP contribution in [0.25, 0.3) is 0 Å². The van der Waals surface area contributed by atoms with Crippen molar-refractivity contribution in [2.45, 2.75) is 45.6 Å². The molecule has 0 saturated heterocycles. The topological polar surface area (TPSA) is 0 Å². The normalized spacial score (nSPS) is 13.1. The summed E-state index contributed by atoms with van der Waals surface area (Å²) in [6.07, 6.45) is 1.22. The minimum absolute atomic E-state index is 0.786. The second-order valence-electron chi connectivity index (χ2n) is 6.08. The Morgan fingerprint density at radius 3 is 1.67 bits per heavy atom. The van der Waals surface area contributed by atoms with E-state index in [2.05, 4.69) is 81.4 Å². The van der Waals surface area contributed by atoms with Crippen LogP contribution < -0.4 is 0 Å². The summed E-state index contributed by atoms with van der Waals surface area (Å²) in [7, 11) is 0. The van der Waals surface area contributed by atoms with Crippen LogP contribution in [0.3, 0.4) is 0 Å². The molecule has 0 heterocycles. The molecule has 0 aliphatic carbocycles. The average Bonchev–Trinajstić information content (AvgIpc) is 2.57. The fourth-order valence-corrected chi connectivity index (χ4v) is 10.8. The van der Waals surface area contributed by atoms with Crippen LogP contribution in [0.1, 0.15) is 36.1 Å². The van der Waals surface area contributed by atoms with Crippen molar-refractivity contribution >= 4 is 0 Å². The molecule has 2 aromatic rings. The molecule has 1 atom stereocenters. The van der Waals surface area contributed by atoms with Gasteiger partial charge in [-0.25, -0.2) is 0 Å². The van der Waals surface area contributed by atoms with E-state index in [0.29, 0.717) is 0 Å². The Morgan fingerprint density at radius 2 is 1.19 bits per heavy atom. The first-order valence-corrected chi connectivity index (χ1v) is 12.6. The van der Waals surface area contributed by atoms with Crippen LogP contribution in [-0.4, -0.2) is 0 Å². The van der Waals surface area contributed by atoms with E-state index in [0.717, 1.165) is 4.22 Å². The van der Waals surface area contributed by atoms with Gasteiger partial charge in [-0.2, -0.15) is 0 Å². The van der Waals surface area contributed by atoms with Crippen molar-refractivity contribution in [2.24, 2.45) is 0 Å². The van der Waals surface area contributed by atoms with Crippen LogP contribution in [0, 0.1) is 0 Å². The number of rotatable bonds is 7. The van der Waals surface area contributed by atoms with Gasteiger partial charge in [0.15, 0.2) is 0 Å². The summed E-state index contributed by atoms with van der Waals surface area (Å²) in [5.41, 5.74) is 3.07. The average molecular weight is 316 g/mol. The molecule has 112 valence electrons. The van der Waals surface area contributed by atoms with Crippen LogP contribution in [-0.2, 0) is 23.0 Å². The van der Waals surface area contributed by atoms with Crippen LogP contribution in [0.5, 0.6) is 0 Å². The predicted octanol–water partition coefficient (Wildman–Crippen LogP) is 6.44. The first-order valence-electron chi connectivity index (χ1n) is 8.34. The van der Waals surface area contributed by atoms with Gasteiger partial charge in [0.05, 0.1) is 0 Å². The van der Waals surface area contributed by atoms with Gasteiger partial charge in [-0.1, -0.05) is 0 Å². The van der Waals surface area contributed by atoms with Gasteiger partial charge in [-0.3, -0.25) is 0 Å². The minimum atomic E-state index is -1.86. The van der Waals surface area contributed by atoms with Crippen LogP contribution in [0.4, 0.5) is 0 Å². The van der Waals surface area contributed by atoms with Gasteiger partial charge in [-0.05, 0) is 0 Å². The zero-order chi connectivity index (χ0) is 15.1. The second kappa shape index (κ2) is 7.96. The second-order valence-corrected chi connectivity index (χ2v) is 14.7. The monoisotopic (exact) mass is 316 g/mol. The van der Waals surface area contributed by atoms with Crippen LogP contribution in [0.15, 0.2) is 60.7 Å². The summed E-state index contributed by atoms with van der Waals surface area (Å²) < 4.78 is 5.08. The molecule has 0 amide bonds. The third-order valence-corrected chi connectivity index (χ3v) is 15.1. The van der Waals surface area contributed by atoms with E-state index in [1.807, 2.05) is 0 Å². The van der Waals surface area contributed by atoms with E-state index in [-0.39, 0.29) is 0 Å². The Balaban J connectivity index is 2.39. The Bertz CT molecular complexity index is 506. The third-order valence-electron chi connectivity index (χ3n) is 5.34. The van der Waals surface area contributed by atoms with Gasteiger partial charge in [0.25, 0.3) is 0 Å². The molecule has 21 heavy (non-hydrogen) atoms. The van der Waals surface area contributed by atoms with Gasteiger partial charge in [-0.15, -0.1) is 0 Å². The quantitative estimate of drug-likeness (QED) is 0.516. The molecule has 0 radical (unpaired) electrons. The SMILES string of the molecule is C[CH2][Ti]([CH2]C)([CH2]C)[CH](Cc1ccccc1)c1ccccc1.